The third-order valence-electron chi connectivity index (χ3n) is 1.83. The Kier molecular flexibility index (Phi) is 3.90. The monoisotopic (exact) mass is 200 g/mol. The minimum absolute atomic E-state index is 0.608. The zero-order valence-corrected chi connectivity index (χ0v) is 8.60. The van der Waals surface area contributed by atoms with E-state index in [0.717, 1.165) is 18.6 Å². The summed E-state index contributed by atoms with van der Waals surface area (Å²) >= 11 is 5.95. The summed E-state index contributed by atoms with van der Waals surface area (Å²) in [7, 11) is 3.25. The molecule has 72 valence electrons. The Labute approximate surface area is 83.5 Å². The molecule has 1 aliphatic rings. The number of ether oxygens (including phenoxy) is 2. The molecule has 0 radical (unpaired) electrons. The fraction of sp³-hybridized carbons (Fsp3) is 0.400. The van der Waals surface area contributed by atoms with Crippen molar-refractivity contribution in [1.82, 2.24) is 0 Å². The second-order valence-corrected chi connectivity index (χ2v) is 3.08. The van der Waals surface area contributed by atoms with Crippen LogP contribution in [0.3, 0.4) is 0 Å². The SMILES string of the molecule is COC1=CC(OC)=C(Cl)/C=C\CC1. The molecule has 1 rings (SSSR count). The maximum absolute atomic E-state index is 5.95. The number of allylic oxidation sites excluding steroid dienone is 5. The number of rotatable bonds is 2. The molecule has 0 saturated heterocycles. The van der Waals surface area contributed by atoms with E-state index in [2.05, 4.69) is 0 Å². The largest absolute Gasteiger partial charge is 0.501 e. The topological polar surface area (TPSA) is 18.5 Å². The van der Waals surface area contributed by atoms with Crippen LogP contribution in [0.5, 0.6) is 0 Å². The summed E-state index contributed by atoms with van der Waals surface area (Å²) in [6.07, 6.45) is 7.50. The van der Waals surface area contributed by atoms with Crippen molar-refractivity contribution in [3.63, 3.8) is 0 Å². The van der Waals surface area contributed by atoms with Crippen LogP contribution in [-0.4, -0.2) is 14.2 Å². The third-order valence-corrected chi connectivity index (χ3v) is 2.14. The Morgan fingerprint density at radius 1 is 1.31 bits per heavy atom. The molecule has 0 saturated carbocycles. The smallest absolute Gasteiger partial charge is 0.140 e. The van der Waals surface area contributed by atoms with Crippen molar-refractivity contribution in [2.24, 2.45) is 0 Å². The van der Waals surface area contributed by atoms with Crippen molar-refractivity contribution in [2.75, 3.05) is 14.2 Å². The fourth-order valence-corrected chi connectivity index (χ4v) is 1.32. The highest BCUT2D eigenvalue weighted by atomic mass is 35.5. The van der Waals surface area contributed by atoms with E-state index < -0.39 is 0 Å². The normalized spacial score (nSPS) is 20.1. The Hall–Kier alpha value is -0.890. The van der Waals surface area contributed by atoms with Gasteiger partial charge < -0.3 is 9.47 Å². The summed E-state index contributed by atoms with van der Waals surface area (Å²) in [5.41, 5.74) is 0. The molecular weight excluding hydrogens is 188 g/mol. The first kappa shape index (κ1) is 10.2. The van der Waals surface area contributed by atoms with Crippen molar-refractivity contribution in [2.45, 2.75) is 12.8 Å². The van der Waals surface area contributed by atoms with Gasteiger partial charge in [0.05, 0.1) is 25.0 Å². The van der Waals surface area contributed by atoms with Gasteiger partial charge in [0.2, 0.25) is 0 Å². The molecule has 13 heavy (non-hydrogen) atoms. The van der Waals surface area contributed by atoms with Crippen LogP contribution in [0.25, 0.3) is 0 Å². The Morgan fingerprint density at radius 2 is 2.08 bits per heavy atom. The minimum atomic E-state index is 0.608. The van der Waals surface area contributed by atoms with Crippen LogP contribution < -0.4 is 0 Å². The van der Waals surface area contributed by atoms with Gasteiger partial charge in [-0.15, -0.1) is 0 Å². The van der Waals surface area contributed by atoms with E-state index in [9.17, 15) is 0 Å². The summed E-state index contributed by atoms with van der Waals surface area (Å²) in [4.78, 5) is 0. The Morgan fingerprint density at radius 3 is 2.69 bits per heavy atom. The molecule has 0 aromatic carbocycles. The first-order valence-electron chi connectivity index (χ1n) is 4.12. The average molecular weight is 201 g/mol. The van der Waals surface area contributed by atoms with Crippen LogP contribution in [0.1, 0.15) is 12.8 Å². The number of halogens is 1. The summed E-state index contributed by atoms with van der Waals surface area (Å²) in [5, 5.41) is 0.608. The maximum atomic E-state index is 5.95. The van der Waals surface area contributed by atoms with E-state index in [1.165, 1.54) is 0 Å². The van der Waals surface area contributed by atoms with E-state index in [0.29, 0.717) is 10.8 Å². The molecule has 0 atom stereocenters. The fourth-order valence-electron chi connectivity index (χ4n) is 1.10. The van der Waals surface area contributed by atoms with E-state index in [-0.39, 0.29) is 0 Å². The lowest BCUT2D eigenvalue weighted by Crippen LogP contribution is -1.94. The third kappa shape index (κ3) is 2.81. The number of hydrogen-bond acceptors (Lipinski definition) is 2. The predicted octanol–water partition coefficient (Wildman–Crippen LogP) is 2.96. The molecule has 0 aliphatic heterocycles. The first-order valence-corrected chi connectivity index (χ1v) is 4.50. The van der Waals surface area contributed by atoms with Gasteiger partial charge in [-0.05, 0) is 12.5 Å². The van der Waals surface area contributed by atoms with Crippen LogP contribution >= 0.6 is 11.6 Å². The van der Waals surface area contributed by atoms with Crippen LogP contribution in [0.2, 0.25) is 0 Å². The van der Waals surface area contributed by atoms with Crippen molar-refractivity contribution in [3.05, 3.63) is 34.8 Å². The predicted molar refractivity (Wildman–Crippen MR) is 53.4 cm³/mol. The molecule has 1 aliphatic carbocycles. The molecule has 0 N–H and O–H groups in total. The lowest BCUT2D eigenvalue weighted by molar-refractivity contribution is 0.264. The summed E-state index contributed by atoms with van der Waals surface area (Å²) in [5.74, 6) is 1.54. The van der Waals surface area contributed by atoms with Crippen molar-refractivity contribution in [1.29, 1.82) is 0 Å². The van der Waals surface area contributed by atoms with Gasteiger partial charge in [-0.3, -0.25) is 0 Å². The average Bonchev–Trinajstić information content (AvgIpc) is 2.13. The molecule has 0 aromatic heterocycles. The van der Waals surface area contributed by atoms with Gasteiger partial charge in [0, 0.05) is 12.5 Å². The quantitative estimate of drug-likeness (QED) is 0.683. The van der Waals surface area contributed by atoms with Gasteiger partial charge in [0.15, 0.2) is 0 Å². The zero-order chi connectivity index (χ0) is 9.68. The van der Waals surface area contributed by atoms with Crippen molar-refractivity contribution < 1.29 is 9.47 Å². The molecule has 0 aromatic rings. The maximum Gasteiger partial charge on any atom is 0.140 e. The minimum Gasteiger partial charge on any atom is -0.501 e. The van der Waals surface area contributed by atoms with Gasteiger partial charge in [0.25, 0.3) is 0 Å². The molecule has 3 heteroatoms. The Bertz CT molecular complexity index is 264. The zero-order valence-electron chi connectivity index (χ0n) is 7.84. The first-order chi connectivity index (χ1) is 6.27. The molecule has 0 heterocycles. The molecule has 0 unspecified atom stereocenters. The van der Waals surface area contributed by atoms with Gasteiger partial charge in [0.1, 0.15) is 5.76 Å². The molecule has 0 bridgehead atoms. The molecule has 0 spiro atoms. The van der Waals surface area contributed by atoms with Gasteiger partial charge in [-0.2, -0.15) is 0 Å². The molecule has 0 fully saturated rings. The standard InChI is InChI=1S/C10H13ClO2/c1-12-8-5-3-4-6-9(11)10(7-8)13-2/h4,6-7H,3,5H2,1-2H3/b6-4-,8-7?,10-9?. The van der Waals surface area contributed by atoms with Crippen molar-refractivity contribution in [3.8, 4) is 0 Å². The second-order valence-electron chi connectivity index (χ2n) is 2.67. The molecule has 2 nitrogen and oxygen atoms in total. The Balaban J connectivity index is 2.96. The van der Waals surface area contributed by atoms with Crippen LogP contribution in [-0.2, 0) is 9.47 Å². The van der Waals surface area contributed by atoms with Crippen LogP contribution in [0.15, 0.2) is 34.8 Å². The van der Waals surface area contributed by atoms with Gasteiger partial charge >= 0.3 is 0 Å². The van der Waals surface area contributed by atoms with Crippen LogP contribution in [0.4, 0.5) is 0 Å². The lowest BCUT2D eigenvalue weighted by Gasteiger charge is -2.09. The van der Waals surface area contributed by atoms with E-state index in [4.69, 9.17) is 21.1 Å². The molecular formula is C10H13ClO2. The number of hydrogen-bond donors (Lipinski definition) is 0. The van der Waals surface area contributed by atoms with Crippen molar-refractivity contribution >= 4 is 11.6 Å². The highest BCUT2D eigenvalue weighted by Crippen LogP contribution is 2.20. The van der Waals surface area contributed by atoms with Crippen LogP contribution in [0, 0.1) is 0 Å². The van der Waals surface area contributed by atoms with E-state index in [1.807, 2.05) is 18.2 Å². The summed E-state index contributed by atoms with van der Waals surface area (Å²) in [6.45, 7) is 0. The second kappa shape index (κ2) is 4.97. The molecule has 0 amide bonds. The summed E-state index contributed by atoms with van der Waals surface area (Å²) in [6, 6.07) is 0. The summed E-state index contributed by atoms with van der Waals surface area (Å²) < 4.78 is 10.3. The highest BCUT2D eigenvalue weighted by Gasteiger charge is 2.05. The van der Waals surface area contributed by atoms with Gasteiger partial charge in [-0.1, -0.05) is 17.7 Å². The van der Waals surface area contributed by atoms with E-state index >= 15 is 0 Å². The van der Waals surface area contributed by atoms with Gasteiger partial charge in [-0.25, -0.2) is 0 Å². The highest BCUT2D eigenvalue weighted by molar-refractivity contribution is 6.31. The lowest BCUT2D eigenvalue weighted by atomic mass is 10.2. The number of methoxy groups -OCH3 is 2. The van der Waals surface area contributed by atoms with E-state index in [1.54, 1.807) is 14.2 Å².